The van der Waals surface area contributed by atoms with Gasteiger partial charge in [0, 0.05) is 12.0 Å². The SMILES string of the molecule is CC(CN)(CO)c1ccc(C2CCCCC2)cc1. The third-order valence-corrected chi connectivity index (χ3v) is 4.48. The molecule has 18 heavy (non-hydrogen) atoms. The molecule has 3 N–H and O–H groups in total. The summed E-state index contributed by atoms with van der Waals surface area (Å²) in [6.07, 6.45) is 6.78. The second kappa shape index (κ2) is 5.85. The zero-order valence-corrected chi connectivity index (χ0v) is 11.4. The molecule has 0 bridgehead atoms. The molecule has 1 saturated carbocycles. The van der Waals surface area contributed by atoms with Gasteiger partial charge in [-0.05, 0) is 29.9 Å². The molecule has 1 aliphatic rings. The first-order valence-corrected chi connectivity index (χ1v) is 7.11. The Hall–Kier alpha value is -0.860. The fourth-order valence-electron chi connectivity index (χ4n) is 2.87. The summed E-state index contributed by atoms with van der Waals surface area (Å²) in [5.74, 6) is 0.742. The summed E-state index contributed by atoms with van der Waals surface area (Å²) in [6.45, 7) is 2.60. The van der Waals surface area contributed by atoms with Crippen molar-refractivity contribution in [2.75, 3.05) is 13.2 Å². The lowest BCUT2D eigenvalue weighted by molar-refractivity contribution is 0.210. The van der Waals surface area contributed by atoms with E-state index in [-0.39, 0.29) is 12.0 Å². The first kappa shape index (κ1) is 13.6. The zero-order valence-electron chi connectivity index (χ0n) is 11.4. The molecule has 1 aromatic carbocycles. The standard InChI is InChI=1S/C16H25NO/c1-16(11-17,12-18)15-9-7-14(8-10-15)13-5-3-2-4-6-13/h7-10,13,18H,2-6,11-12,17H2,1H3. The van der Waals surface area contributed by atoms with Crippen molar-refractivity contribution in [3.63, 3.8) is 0 Å². The number of rotatable bonds is 4. The Balaban J connectivity index is 2.14. The van der Waals surface area contributed by atoms with Gasteiger partial charge in [-0.2, -0.15) is 0 Å². The molecular weight excluding hydrogens is 222 g/mol. The van der Waals surface area contributed by atoms with Gasteiger partial charge in [0.2, 0.25) is 0 Å². The van der Waals surface area contributed by atoms with E-state index < -0.39 is 0 Å². The van der Waals surface area contributed by atoms with Crippen LogP contribution in [0.25, 0.3) is 0 Å². The fraction of sp³-hybridized carbons (Fsp3) is 0.625. The van der Waals surface area contributed by atoms with Crippen molar-refractivity contribution in [1.29, 1.82) is 0 Å². The maximum atomic E-state index is 9.48. The number of aliphatic hydroxyl groups excluding tert-OH is 1. The number of aliphatic hydroxyl groups is 1. The van der Waals surface area contributed by atoms with Crippen molar-refractivity contribution in [1.82, 2.24) is 0 Å². The van der Waals surface area contributed by atoms with Crippen molar-refractivity contribution >= 4 is 0 Å². The minimum Gasteiger partial charge on any atom is -0.395 e. The van der Waals surface area contributed by atoms with Crippen LogP contribution in [0.2, 0.25) is 0 Å². The van der Waals surface area contributed by atoms with Gasteiger partial charge in [-0.25, -0.2) is 0 Å². The Bertz CT molecular complexity index is 361. The molecule has 1 fully saturated rings. The van der Waals surface area contributed by atoms with E-state index in [1.807, 2.05) is 6.92 Å². The number of benzene rings is 1. The maximum Gasteiger partial charge on any atom is 0.0537 e. The highest BCUT2D eigenvalue weighted by atomic mass is 16.3. The maximum absolute atomic E-state index is 9.48. The van der Waals surface area contributed by atoms with Crippen molar-refractivity contribution in [2.45, 2.75) is 50.4 Å². The molecule has 2 rings (SSSR count). The van der Waals surface area contributed by atoms with Crippen LogP contribution in [0.4, 0.5) is 0 Å². The smallest absolute Gasteiger partial charge is 0.0537 e. The molecule has 0 amide bonds. The van der Waals surface area contributed by atoms with Crippen molar-refractivity contribution < 1.29 is 5.11 Å². The fourth-order valence-corrected chi connectivity index (χ4v) is 2.87. The Morgan fingerprint density at radius 2 is 1.78 bits per heavy atom. The van der Waals surface area contributed by atoms with Crippen molar-refractivity contribution in [3.8, 4) is 0 Å². The zero-order chi connectivity index (χ0) is 13.0. The largest absolute Gasteiger partial charge is 0.395 e. The molecular formula is C16H25NO. The monoisotopic (exact) mass is 247 g/mol. The highest BCUT2D eigenvalue weighted by molar-refractivity contribution is 5.31. The summed E-state index contributed by atoms with van der Waals surface area (Å²) in [4.78, 5) is 0. The second-order valence-corrected chi connectivity index (χ2v) is 5.88. The Kier molecular flexibility index (Phi) is 4.41. The molecule has 2 nitrogen and oxygen atoms in total. The van der Waals surface area contributed by atoms with Gasteiger partial charge in [0.1, 0.15) is 0 Å². The van der Waals surface area contributed by atoms with Gasteiger partial charge < -0.3 is 10.8 Å². The lowest BCUT2D eigenvalue weighted by atomic mass is 9.80. The molecule has 2 heteroatoms. The second-order valence-electron chi connectivity index (χ2n) is 5.88. The summed E-state index contributed by atoms with van der Waals surface area (Å²) in [5.41, 5.74) is 8.07. The third kappa shape index (κ3) is 2.76. The summed E-state index contributed by atoms with van der Waals surface area (Å²) in [6, 6.07) is 8.75. The van der Waals surface area contributed by atoms with E-state index in [0.29, 0.717) is 6.54 Å². The summed E-state index contributed by atoms with van der Waals surface area (Å²) < 4.78 is 0. The first-order valence-electron chi connectivity index (χ1n) is 7.11. The van der Waals surface area contributed by atoms with Crippen LogP contribution < -0.4 is 5.73 Å². The molecule has 0 saturated heterocycles. The van der Waals surface area contributed by atoms with Gasteiger partial charge in [-0.3, -0.25) is 0 Å². The van der Waals surface area contributed by atoms with E-state index in [1.54, 1.807) is 0 Å². The number of hydrogen-bond donors (Lipinski definition) is 2. The number of nitrogens with two attached hydrogens (primary N) is 1. The lowest BCUT2D eigenvalue weighted by Gasteiger charge is -2.27. The Morgan fingerprint density at radius 3 is 2.28 bits per heavy atom. The first-order chi connectivity index (χ1) is 8.69. The lowest BCUT2D eigenvalue weighted by Crippen LogP contribution is -2.35. The Labute approximate surface area is 110 Å². The van der Waals surface area contributed by atoms with E-state index >= 15 is 0 Å². The van der Waals surface area contributed by atoms with E-state index in [4.69, 9.17) is 5.73 Å². The van der Waals surface area contributed by atoms with Crippen LogP contribution in [-0.4, -0.2) is 18.3 Å². The molecule has 0 aromatic heterocycles. The average Bonchev–Trinajstić information content (AvgIpc) is 2.47. The van der Waals surface area contributed by atoms with Gasteiger partial charge in [-0.1, -0.05) is 50.5 Å². The van der Waals surface area contributed by atoms with Crippen molar-refractivity contribution in [3.05, 3.63) is 35.4 Å². The highest BCUT2D eigenvalue weighted by Crippen LogP contribution is 2.33. The van der Waals surface area contributed by atoms with E-state index in [0.717, 1.165) is 11.5 Å². The van der Waals surface area contributed by atoms with Crippen molar-refractivity contribution in [2.24, 2.45) is 5.73 Å². The molecule has 1 aliphatic carbocycles. The minimum atomic E-state index is -0.301. The molecule has 1 aromatic rings. The topological polar surface area (TPSA) is 46.2 Å². The third-order valence-electron chi connectivity index (χ3n) is 4.48. The quantitative estimate of drug-likeness (QED) is 0.859. The summed E-state index contributed by atoms with van der Waals surface area (Å²) in [7, 11) is 0. The van der Waals surface area contributed by atoms with Gasteiger partial charge in [0.15, 0.2) is 0 Å². The van der Waals surface area contributed by atoms with Gasteiger partial charge >= 0.3 is 0 Å². The predicted octanol–water partition coefficient (Wildman–Crippen LogP) is 2.94. The van der Waals surface area contributed by atoms with Gasteiger partial charge in [0.25, 0.3) is 0 Å². The molecule has 1 atom stereocenters. The average molecular weight is 247 g/mol. The van der Waals surface area contributed by atoms with Crippen LogP contribution in [-0.2, 0) is 5.41 Å². The molecule has 0 radical (unpaired) electrons. The van der Waals surface area contributed by atoms with Gasteiger partial charge in [0.05, 0.1) is 6.61 Å². The summed E-state index contributed by atoms with van der Waals surface area (Å²) >= 11 is 0. The van der Waals surface area contributed by atoms with E-state index in [9.17, 15) is 5.11 Å². The molecule has 0 heterocycles. The molecule has 100 valence electrons. The van der Waals surface area contributed by atoms with Crippen LogP contribution in [0.15, 0.2) is 24.3 Å². The van der Waals surface area contributed by atoms with Crippen LogP contribution in [0.5, 0.6) is 0 Å². The van der Waals surface area contributed by atoms with Crippen LogP contribution >= 0.6 is 0 Å². The van der Waals surface area contributed by atoms with Crippen LogP contribution in [0, 0.1) is 0 Å². The van der Waals surface area contributed by atoms with Crippen LogP contribution in [0.3, 0.4) is 0 Å². The Morgan fingerprint density at radius 1 is 1.17 bits per heavy atom. The van der Waals surface area contributed by atoms with Gasteiger partial charge in [-0.15, -0.1) is 0 Å². The molecule has 1 unspecified atom stereocenters. The summed E-state index contributed by atoms with van der Waals surface area (Å²) in [5, 5.41) is 9.48. The predicted molar refractivity (Wildman–Crippen MR) is 75.8 cm³/mol. The van der Waals surface area contributed by atoms with Crippen LogP contribution in [0.1, 0.15) is 56.1 Å². The van der Waals surface area contributed by atoms with E-state index in [1.165, 1.54) is 37.7 Å². The minimum absolute atomic E-state index is 0.103. The molecule has 0 aliphatic heterocycles. The number of hydrogen-bond acceptors (Lipinski definition) is 2. The van der Waals surface area contributed by atoms with E-state index in [2.05, 4.69) is 24.3 Å². The highest BCUT2D eigenvalue weighted by Gasteiger charge is 2.24. The normalized spacial score (nSPS) is 20.6. The molecule has 0 spiro atoms.